The average Bonchev–Trinajstić information content (AvgIpc) is 3.10. The molecule has 0 aliphatic heterocycles. The Bertz CT molecular complexity index is 1230. The summed E-state index contributed by atoms with van der Waals surface area (Å²) in [7, 11) is 1.76. The van der Waals surface area contributed by atoms with Crippen LogP contribution >= 0.6 is 0 Å². The van der Waals surface area contributed by atoms with E-state index in [-0.39, 0.29) is 18.1 Å². The summed E-state index contributed by atoms with van der Waals surface area (Å²) in [5.74, 6) is 0.264. The van der Waals surface area contributed by atoms with Gasteiger partial charge in [0, 0.05) is 18.8 Å². The molecule has 0 radical (unpaired) electrons. The molecule has 0 amide bonds. The van der Waals surface area contributed by atoms with Gasteiger partial charge in [0.15, 0.2) is 0 Å². The number of pyridine rings is 1. The maximum absolute atomic E-state index is 13.2. The molecule has 0 aliphatic rings. The van der Waals surface area contributed by atoms with Gasteiger partial charge in [0.1, 0.15) is 17.7 Å². The highest BCUT2D eigenvalue weighted by atomic mass is 16.3. The molecule has 1 aromatic carbocycles. The normalized spacial score (nSPS) is 11.8. The predicted molar refractivity (Wildman–Crippen MR) is 106 cm³/mol. The Labute approximate surface area is 156 Å². The molecular weight excluding hydrogens is 340 g/mol. The van der Waals surface area contributed by atoms with Crippen molar-refractivity contribution in [2.24, 2.45) is 7.05 Å². The molecule has 0 bridgehead atoms. The van der Waals surface area contributed by atoms with Crippen molar-refractivity contribution in [2.45, 2.75) is 33.3 Å². The molecule has 4 rings (SSSR count). The van der Waals surface area contributed by atoms with Gasteiger partial charge in [-0.3, -0.25) is 18.7 Å². The van der Waals surface area contributed by atoms with Gasteiger partial charge in [0.25, 0.3) is 5.56 Å². The zero-order chi connectivity index (χ0) is 19.3. The number of hydrogen-bond donors (Lipinski definition) is 1. The Hall–Kier alpha value is -2.99. The smallest absolute Gasteiger partial charge is 0.261 e. The summed E-state index contributed by atoms with van der Waals surface area (Å²) in [6.45, 7) is 6.07. The molecule has 27 heavy (non-hydrogen) atoms. The number of imidazole rings is 1. The fourth-order valence-electron chi connectivity index (χ4n) is 3.75. The maximum Gasteiger partial charge on any atom is 0.261 e. The molecule has 0 spiro atoms. The van der Waals surface area contributed by atoms with Crippen LogP contribution in [0.2, 0.25) is 0 Å². The Morgan fingerprint density at radius 1 is 1.22 bits per heavy atom. The standard InChI is InChI=1S/C21H22N4O2/c1-12(2)15-8-13(3)9-16-19(15)25-11-23-18(20(25)24(4)21(16)27)14-6-5-7-22-17(14)10-26/h5-9,11-12,26H,10H2,1-4H3. The fourth-order valence-corrected chi connectivity index (χ4v) is 3.75. The summed E-state index contributed by atoms with van der Waals surface area (Å²) < 4.78 is 3.61. The first kappa shape index (κ1) is 17.4. The number of rotatable bonds is 3. The Morgan fingerprint density at radius 2 is 2.00 bits per heavy atom. The van der Waals surface area contributed by atoms with Crippen molar-refractivity contribution in [3.05, 3.63) is 64.0 Å². The van der Waals surface area contributed by atoms with Gasteiger partial charge in [0.05, 0.1) is 23.2 Å². The van der Waals surface area contributed by atoms with Gasteiger partial charge in [-0.05, 0) is 42.2 Å². The van der Waals surface area contributed by atoms with Crippen molar-refractivity contribution in [1.82, 2.24) is 18.9 Å². The minimum absolute atomic E-state index is 0.0562. The zero-order valence-corrected chi connectivity index (χ0v) is 15.9. The first-order chi connectivity index (χ1) is 12.9. The van der Waals surface area contributed by atoms with Crippen molar-refractivity contribution < 1.29 is 5.11 Å². The zero-order valence-electron chi connectivity index (χ0n) is 15.9. The lowest BCUT2D eigenvalue weighted by Crippen LogP contribution is -2.21. The third-order valence-electron chi connectivity index (χ3n) is 5.04. The lowest BCUT2D eigenvalue weighted by Gasteiger charge is -2.15. The summed E-state index contributed by atoms with van der Waals surface area (Å²) in [6, 6.07) is 7.75. The molecule has 0 atom stereocenters. The van der Waals surface area contributed by atoms with E-state index in [4.69, 9.17) is 0 Å². The van der Waals surface area contributed by atoms with Crippen molar-refractivity contribution >= 4 is 16.6 Å². The van der Waals surface area contributed by atoms with Crippen molar-refractivity contribution in [3.8, 4) is 11.3 Å². The number of hydrogen-bond acceptors (Lipinski definition) is 4. The highest BCUT2D eigenvalue weighted by Crippen LogP contribution is 2.30. The van der Waals surface area contributed by atoms with Crippen molar-refractivity contribution in [2.75, 3.05) is 0 Å². The molecule has 4 aromatic rings. The van der Waals surface area contributed by atoms with E-state index in [1.54, 1.807) is 24.1 Å². The summed E-state index contributed by atoms with van der Waals surface area (Å²) in [6.07, 6.45) is 3.39. The second-order valence-corrected chi connectivity index (χ2v) is 7.21. The third-order valence-corrected chi connectivity index (χ3v) is 5.04. The minimum Gasteiger partial charge on any atom is -0.390 e. The third kappa shape index (κ3) is 2.56. The molecular formula is C21H22N4O2. The van der Waals surface area contributed by atoms with E-state index in [9.17, 15) is 9.90 Å². The highest BCUT2D eigenvalue weighted by molar-refractivity contribution is 5.88. The number of aliphatic hydroxyl groups excluding tert-OH is 1. The Morgan fingerprint density at radius 3 is 2.70 bits per heavy atom. The number of benzene rings is 1. The van der Waals surface area contributed by atoms with Gasteiger partial charge in [0.2, 0.25) is 0 Å². The summed E-state index contributed by atoms with van der Waals surface area (Å²) in [5, 5.41) is 10.4. The lowest BCUT2D eigenvalue weighted by molar-refractivity contribution is 0.277. The minimum atomic E-state index is -0.187. The van der Waals surface area contributed by atoms with Crippen LogP contribution < -0.4 is 5.56 Å². The first-order valence-corrected chi connectivity index (χ1v) is 8.99. The van der Waals surface area contributed by atoms with Crippen molar-refractivity contribution in [3.63, 3.8) is 0 Å². The highest BCUT2D eigenvalue weighted by Gasteiger charge is 2.20. The van der Waals surface area contributed by atoms with Crippen LogP contribution in [0.1, 0.15) is 36.6 Å². The van der Waals surface area contributed by atoms with E-state index >= 15 is 0 Å². The first-order valence-electron chi connectivity index (χ1n) is 8.99. The van der Waals surface area contributed by atoms with Gasteiger partial charge < -0.3 is 5.11 Å². The lowest BCUT2D eigenvalue weighted by atomic mass is 9.97. The fraction of sp³-hybridized carbons (Fsp3) is 0.286. The van der Waals surface area contributed by atoms with Crippen LogP contribution in [0.15, 0.2) is 41.6 Å². The van der Waals surface area contributed by atoms with E-state index in [0.717, 1.165) is 22.2 Å². The number of aliphatic hydroxyl groups is 1. The summed E-state index contributed by atoms with van der Waals surface area (Å²) in [5.41, 5.74) is 5.63. The molecule has 0 saturated carbocycles. The van der Waals surface area contributed by atoms with E-state index in [1.807, 2.05) is 29.5 Å². The van der Waals surface area contributed by atoms with E-state index in [0.29, 0.717) is 22.4 Å². The molecule has 138 valence electrons. The van der Waals surface area contributed by atoms with Gasteiger partial charge in [-0.2, -0.15) is 0 Å². The topological polar surface area (TPSA) is 72.4 Å². The molecule has 0 unspecified atom stereocenters. The largest absolute Gasteiger partial charge is 0.390 e. The van der Waals surface area contributed by atoms with Crippen LogP contribution in [0.25, 0.3) is 27.8 Å². The van der Waals surface area contributed by atoms with Gasteiger partial charge >= 0.3 is 0 Å². The predicted octanol–water partition coefficient (Wildman–Crippen LogP) is 3.17. The van der Waals surface area contributed by atoms with Crippen LogP contribution in [0, 0.1) is 6.92 Å². The van der Waals surface area contributed by atoms with Gasteiger partial charge in [-0.1, -0.05) is 19.9 Å². The number of fused-ring (bicyclic) bond motifs is 3. The van der Waals surface area contributed by atoms with Crippen LogP contribution in [0.3, 0.4) is 0 Å². The molecule has 0 saturated heterocycles. The summed E-state index contributed by atoms with van der Waals surface area (Å²) >= 11 is 0. The van der Waals surface area contributed by atoms with Crippen molar-refractivity contribution in [1.29, 1.82) is 0 Å². The molecule has 1 N–H and O–H groups in total. The monoisotopic (exact) mass is 362 g/mol. The number of nitrogens with zero attached hydrogens (tertiary/aromatic N) is 4. The van der Waals surface area contributed by atoms with Gasteiger partial charge in [-0.25, -0.2) is 4.98 Å². The van der Waals surface area contributed by atoms with Crippen LogP contribution in [-0.2, 0) is 13.7 Å². The Balaban J connectivity index is 2.21. The van der Waals surface area contributed by atoms with E-state index in [1.165, 1.54) is 0 Å². The molecule has 3 aromatic heterocycles. The van der Waals surface area contributed by atoms with Crippen LogP contribution in [0.4, 0.5) is 0 Å². The second-order valence-electron chi connectivity index (χ2n) is 7.21. The Kier molecular flexibility index (Phi) is 4.08. The van der Waals surface area contributed by atoms with E-state index in [2.05, 4.69) is 29.9 Å². The van der Waals surface area contributed by atoms with Crippen LogP contribution in [-0.4, -0.2) is 24.0 Å². The van der Waals surface area contributed by atoms with E-state index < -0.39 is 0 Å². The van der Waals surface area contributed by atoms with Gasteiger partial charge in [-0.15, -0.1) is 0 Å². The molecule has 0 aliphatic carbocycles. The van der Waals surface area contributed by atoms with Crippen LogP contribution in [0.5, 0.6) is 0 Å². The summed E-state index contributed by atoms with van der Waals surface area (Å²) in [4.78, 5) is 22.0. The molecule has 0 fully saturated rings. The maximum atomic E-state index is 13.2. The number of aromatic nitrogens is 4. The second kappa shape index (κ2) is 6.32. The quantitative estimate of drug-likeness (QED) is 0.608. The molecule has 6 heteroatoms. The number of aryl methyl sites for hydroxylation is 2. The SMILES string of the molecule is Cc1cc(C(C)C)c2c(c1)c(=O)n(C)c1c(-c3cccnc3CO)ncn21. The molecule has 6 nitrogen and oxygen atoms in total. The average molecular weight is 362 g/mol. The molecule has 3 heterocycles.